The summed E-state index contributed by atoms with van der Waals surface area (Å²) in [6.07, 6.45) is 6.56. The highest BCUT2D eigenvalue weighted by molar-refractivity contribution is 5.37. The Morgan fingerprint density at radius 3 is 3.00 bits per heavy atom. The first-order valence-electron chi connectivity index (χ1n) is 4.22. The molecule has 0 radical (unpaired) electrons. The van der Waals surface area contributed by atoms with E-state index >= 15 is 0 Å². The third-order valence-corrected chi connectivity index (χ3v) is 2.66. The molecule has 1 nitrogen and oxygen atoms in total. The number of rotatable bonds is 0. The van der Waals surface area contributed by atoms with Crippen LogP contribution < -0.4 is 0 Å². The van der Waals surface area contributed by atoms with Crippen LogP contribution in [0.2, 0.25) is 0 Å². The average Bonchev–Trinajstić information content (AvgIpc) is 2.35. The molecule has 0 amide bonds. The van der Waals surface area contributed by atoms with Gasteiger partial charge in [0.25, 0.3) is 0 Å². The fraction of sp³-hybridized carbons (Fsp3) is 0.500. The Bertz CT molecular complexity index is 278. The predicted octanol–water partition coefficient (Wildman–Crippen LogP) is 2.44. The smallest absolute Gasteiger partial charge is 0.0305 e. The summed E-state index contributed by atoms with van der Waals surface area (Å²) in [5.74, 6) is 0.734. The van der Waals surface area contributed by atoms with Crippen molar-refractivity contribution in [3.8, 4) is 0 Å². The second-order valence-electron chi connectivity index (χ2n) is 3.46. The number of pyridine rings is 1. The molecule has 0 spiro atoms. The Morgan fingerprint density at radius 1 is 1.45 bits per heavy atom. The first-order chi connectivity index (χ1) is 5.29. The first kappa shape index (κ1) is 6.84. The SMILES string of the molecule is Cc1cncc2c1CCC2C. The van der Waals surface area contributed by atoms with Gasteiger partial charge in [-0.25, -0.2) is 0 Å². The van der Waals surface area contributed by atoms with Crippen molar-refractivity contribution in [2.24, 2.45) is 0 Å². The molecular weight excluding hydrogens is 134 g/mol. The van der Waals surface area contributed by atoms with Gasteiger partial charge < -0.3 is 0 Å². The van der Waals surface area contributed by atoms with Crippen molar-refractivity contribution in [3.05, 3.63) is 29.1 Å². The molecule has 2 rings (SSSR count). The summed E-state index contributed by atoms with van der Waals surface area (Å²) in [5.41, 5.74) is 4.39. The second-order valence-corrected chi connectivity index (χ2v) is 3.46. The molecule has 1 aromatic heterocycles. The van der Waals surface area contributed by atoms with Crippen LogP contribution in [0.1, 0.15) is 36.0 Å². The lowest BCUT2D eigenvalue weighted by Crippen LogP contribution is -1.90. The Kier molecular flexibility index (Phi) is 1.45. The first-order valence-corrected chi connectivity index (χ1v) is 4.22. The van der Waals surface area contributed by atoms with E-state index in [0.29, 0.717) is 0 Å². The van der Waals surface area contributed by atoms with Gasteiger partial charge in [0.15, 0.2) is 0 Å². The molecule has 1 heterocycles. The minimum atomic E-state index is 0.734. The molecule has 1 heteroatoms. The summed E-state index contributed by atoms with van der Waals surface area (Å²) in [4.78, 5) is 4.21. The van der Waals surface area contributed by atoms with Crippen LogP contribution in [0.5, 0.6) is 0 Å². The van der Waals surface area contributed by atoms with Gasteiger partial charge in [-0.05, 0) is 42.4 Å². The molecule has 1 aliphatic carbocycles. The van der Waals surface area contributed by atoms with E-state index in [9.17, 15) is 0 Å². The topological polar surface area (TPSA) is 12.9 Å². The van der Waals surface area contributed by atoms with E-state index < -0.39 is 0 Å². The standard InChI is InChI=1S/C10H13N/c1-7-3-4-9-8(2)5-11-6-10(7)9/h5-7H,3-4H2,1-2H3. The van der Waals surface area contributed by atoms with Crippen LogP contribution in [0.3, 0.4) is 0 Å². The summed E-state index contributed by atoms with van der Waals surface area (Å²) in [6.45, 7) is 4.44. The van der Waals surface area contributed by atoms with Crippen molar-refractivity contribution in [3.63, 3.8) is 0 Å². The van der Waals surface area contributed by atoms with Crippen molar-refractivity contribution >= 4 is 0 Å². The van der Waals surface area contributed by atoms with Crippen LogP contribution in [-0.2, 0) is 6.42 Å². The third-order valence-electron chi connectivity index (χ3n) is 2.66. The van der Waals surface area contributed by atoms with Crippen molar-refractivity contribution in [1.29, 1.82) is 0 Å². The second kappa shape index (κ2) is 2.33. The minimum absolute atomic E-state index is 0.734. The van der Waals surface area contributed by atoms with Gasteiger partial charge >= 0.3 is 0 Å². The molecule has 0 N–H and O–H groups in total. The van der Waals surface area contributed by atoms with E-state index in [2.05, 4.69) is 18.8 Å². The number of hydrogen-bond donors (Lipinski definition) is 0. The van der Waals surface area contributed by atoms with Gasteiger partial charge in [-0.3, -0.25) is 4.98 Å². The highest BCUT2D eigenvalue weighted by Crippen LogP contribution is 2.33. The van der Waals surface area contributed by atoms with Gasteiger partial charge in [-0.2, -0.15) is 0 Å². The van der Waals surface area contributed by atoms with E-state index in [4.69, 9.17) is 0 Å². The highest BCUT2D eigenvalue weighted by atomic mass is 14.6. The van der Waals surface area contributed by atoms with Crippen LogP contribution >= 0.6 is 0 Å². The van der Waals surface area contributed by atoms with E-state index in [1.54, 1.807) is 5.56 Å². The molecular formula is C10H13N. The predicted molar refractivity (Wildman–Crippen MR) is 45.7 cm³/mol. The zero-order valence-electron chi connectivity index (χ0n) is 7.09. The van der Waals surface area contributed by atoms with Gasteiger partial charge in [-0.1, -0.05) is 6.92 Å². The zero-order chi connectivity index (χ0) is 7.84. The molecule has 0 aliphatic heterocycles. The summed E-state index contributed by atoms with van der Waals surface area (Å²) in [6, 6.07) is 0. The molecule has 0 fully saturated rings. The highest BCUT2D eigenvalue weighted by Gasteiger charge is 2.19. The molecule has 1 unspecified atom stereocenters. The quantitative estimate of drug-likeness (QED) is 0.549. The summed E-state index contributed by atoms with van der Waals surface area (Å²) in [7, 11) is 0. The monoisotopic (exact) mass is 147 g/mol. The van der Waals surface area contributed by atoms with E-state index in [-0.39, 0.29) is 0 Å². The van der Waals surface area contributed by atoms with Gasteiger partial charge in [-0.15, -0.1) is 0 Å². The van der Waals surface area contributed by atoms with Crippen molar-refractivity contribution in [1.82, 2.24) is 4.98 Å². The maximum absolute atomic E-state index is 4.21. The number of aromatic nitrogens is 1. The van der Waals surface area contributed by atoms with Crippen LogP contribution in [0.25, 0.3) is 0 Å². The van der Waals surface area contributed by atoms with E-state index in [1.807, 2.05) is 12.4 Å². The summed E-state index contributed by atoms with van der Waals surface area (Å²) < 4.78 is 0. The number of hydrogen-bond acceptors (Lipinski definition) is 1. The Hall–Kier alpha value is -0.850. The molecule has 0 aromatic carbocycles. The van der Waals surface area contributed by atoms with Gasteiger partial charge in [0.2, 0.25) is 0 Å². The maximum atomic E-state index is 4.21. The molecule has 1 aromatic rings. The summed E-state index contributed by atoms with van der Waals surface area (Å²) in [5, 5.41) is 0. The molecule has 1 atom stereocenters. The van der Waals surface area contributed by atoms with Crippen LogP contribution in [0.4, 0.5) is 0 Å². The zero-order valence-corrected chi connectivity index (χ0v) is 7.09. The van der Waals surface area contributed by atoms with E-state index in [0.717, 1.165) is 5.92 Å². The molecule has 11 heavy (non-hydrogen) atoms. The normalized spacial score (nSPS) is 21.8. The lowest BCUT2D eigenvalue weighted by Gasteiger charge is -2.04. The lowest BCUT2D eigenvalue weighted by atomic mass is 10.0. The van der Waals surface area contributed by atoms with Crippen LogP contribution in [-0.4, -0.2) is 4.98 Å². The fourth-order valence-electron chi connectivity index (χ4n) is 1.90. The maximum Gasteiger partial charge on any atom is 0.0305 e. The van der Waals surface area contributed by atoms with Gasteiger partial charge in [0.1, 0.15) is 0 Å². The van der Waals surface area contributed by atoms with Gasteiger partial charge in [0.05, 0.1) is 0 Å². The van der Waals surface area contributed by atoms with Crippen LogP contribution in [0.15, 0.2) is 12.4 Å². The van der Waals surface area contributed by atoms with Crippen molar-refractivity contribution < 1.29 is 0 Å². The molecule has 0 saturated heterocycles. The summed E-state index contributed by atoms with van der Waals surface area (Å²) >= 11 is 0. The molecule has 0 saturated carbocycles. The molecule has 1 aliphatic rings. The molecule has 58 valence electrons. The van der Waals surface area contributed by atoms with E-state index in [1.165, 1.54) is 24.0 Å². The van der Waals surface area contributed by atoms with Crippen molar-refractivity contribution in [2.75, 3.05) is 0 Å². The molecule has 0 bridgehead atoms. The van der Waals surface area contributed by atoms with Crippen LogP contribution in [0, 0.1) is 6.92 Å². The fourth-order valence-corrected chi connectivity index (χ4v) is 1.90. The van der Waals surface area contributed by atoms with Crippen molar-refractivity contribution in [2.45, 2.75) is 32.6 Å². The average molecular weight is 147 g/mol. The third kappa shape index (κ3) is 0.953. The lowest BCUT2D eigenvalue weighted by molar-refractivity contribution is 0.745. The number of fused-ring (bicyclic) bond motifs is 1. The minimum Gasteiger partial charge on any atom is -0.264 e. The Morgan fingerprint density at radius 2 is 2.27 bits per heavy atom. The Labute approximate surface area is 67.5 Å². The van der Waals surface area contributed by atoms with Gasteiger partial charge in [0, 0.05) is 12.4 Å². The number of nitrogens with zero attached hydrogens (tertiary/aromatic N) is 1. The Balaban J connectivity index is 2.57. The number of aryl methyl sites for hydroxylation is 1. The largest absolute Gasteiger partial charge is 0.264 e.